The van der Waals surface area contributed by atoms with Crippen LogP contribution in [0.4, 0.5) is 5.69 Å². The number of aliphatic hydroxyl groups is 1. The van der Waals surface area contributed by atoms with Crippen molar-refractivity contribution < 1.29 is 9.84 Å². The van der Waals surface area contributed by atoms with Crippen LogP contribution in [0.1, 0.15) is 39.5 Å². The molecule has 1 aromatic carbocycles. The zero-order valence-corrected chi connectivity index (χ0v) is 12.9. The minimum atomic E-state index is -0.180. The van der Waals surface area contributed by atoms with E-state index in [0.717, 1.165) is 17.9 Å². The van der Waals surface area contributed by atoms with E-state index >= 15 is 0 Å². The van der Waals surface area contributed by atoms with E-state index in [1.54, 1.807) is 7.11 Å². The average Bonchev–Trinajstić information content (AvgIpc) is 2.48. The van der Waals surface area contributed by atoms with Gasteiger partial charge in [-0.15, -0.1) is 0 Å². The molecule has 0 saturated heterocycles. The summed E-state index contributed by atoms with van der Waals surface area (Å²) in [7, 11) is 1.67. The number of nitrogens with one attached hydrogen (secondary N) is 1. The van der Waals surface area contributed by atoms with Crippen molar-refractivity contribution in [1.82, 2.24) is 0 Å². The zero-order valence-electron chi connectivity index (χ0n) is 12.9. The summed E-state index contributed by atoms with van der Waals surface area (Å²) in [6.07, 6.45) is 4.70. The van der Waals surface area contributed by atoms with Crippen molar-refractivity contribution in [3.05, 3.63) is 24.3 Å². The van der Waals surface area contributed by atoms with E-state index in [9.17, 15) is 5.11 Å². The van der Waals surface area contributed by atoms with Gasteiger partial charge in [0.15, 0.2) is 0 Å². The molecule has 1 aromatic rings. The first-order valence-electron chi connectivity index (χ1n) is 7.64. The topological polar surface area (TPSA) is 41.5 Å². The molecule has 2 atom stereocenters. The van der Waals surface area contributed by atoms with Crippen molar-refractivity contribution in [1.29, 1.82) is 0 Å². The molecule has 1 fully saturated rings. The Morgan fingerprint density at radius 1 is 1.30 bits per heavy atom. The van der Waals surface area contributed by atoms with Gasteiger partial charge in [-0.2, -0.15) is 0 Å². The second-order valence-electron chi connectivity index (χ2n) is 6.26. The molecular formula is C17H27NO2. The predicted molar refractivity (Wildman–Crippen MR) is 83.2 cm³/mol. The fourth-order valence-corrected chi connectivity index (χ4v) is 3.59. The lowest BCUT2D eigenvalue weighted by atomic mass is 9.68. The highest BCUT2D eigenvalue weighted by Crippen LogP contribution is 2.40. The van der Waals surface area contributed by atoms with Gasteiger partial charge in [-0.3, -0.25) is 0 Å². The monoisotopic (exact) mass is 277 g/mol. The number of aliphatic hydroxyl groups excluding tert-OH is 1. The van der Waals surface area contributed by atoms with Crippen molar-refractivity contribution in [2.45, 2.75) is 45.1 Å². The molecule has 3 nitrogen and oxygen atoms in total. The molecule has 1 aliphatic rings. The van der Waals surface area contributed by atoms with Crippen LogP contribution in [0.2, 0.25) is 0 Å². The molecule has 0 bridgehead atoms. The average molecular weight is 277 g/mol. The first kappa shape index (κ1) is 15.2. The smallest absolute Gasteiger partial charge is 0.119 e. The summed E-state index contributed by atoms with van der Waals surface area (Å²) in [5.41, 5.74) is 0.883. The third kappa shape index (κ3) is 3.09. The first-order chi connectivity index (χ1) is 9.61. The molecule has 20 heavy (non-hydrogen) atoms. The van der Waals surface area contributed by atoms with Gasteiger partial charge in [0.2, 0.25) is 0 Å². The normalized spacial score (nSPS) is 26.6. The summed E-state index contributed by atoms with van der Waals surface area (Å²) in [6.45, 7) is 4.72. The first-order valence-corrected chi connectivity index (χ1v) is 7.64. The van der Waals surface area contributed by atoms with E-state index in [2.05, 4.69) is 19.2 Å². The van der Waals surface area contributed by atoms with Crippen molar-refractivity contribution in [2.75, 3.05) is 19.0 Å². The maximum absolute atomic E-state index is 10.0. The molecule has 2 N–H and O–H groups in total. The van der Waals surface area contributed by atoms with Gasteiger partial charge in [-0.25, -0.2) is 0 Å². The van der Waals surface area contributed by atoms with Crippen LogP contribution in [0, 0.1) is 11.8 Å². The maximum Gasteiger partial charge on any atom is 0.119 e. The molecule has 2 rings (SSSR count). The van der Waals surface area contributed by atoms with Gasteiger partial charge in [-0.1, -0.05) is 26.7 Å². The summed E-state index contributed by atoms with van der Waals surface area (Å²) in [4.78, 5) is 0. The van der Waals surface area contributed by atoms with Crippen LogP contribution in [-0.4, -0.2) is 24.4 Å². The van der Waals surface area contributed by atoms with Crippen LogP contribution in [0.25, 0.3) is 0 Å². The fraction of sp³-hybridized carbons (Fsp3) is 0.647. The molecule has 0 radical (unpaired) electrons. The molecule has 2 unspecified atom stereocenters. The largest absolute Gasteiger partial charge is 0.497 e. The maximum atomic E-state index is 10.0. The second-order valence-corrected chi connectivity index (χ2v) is 6.26. The van der Waals surface area contributed by atoms with Gasteiger partial charge in [0, 0.05) is 5.69 Å². The van der Waals surface area contributed by atoms with Crippen LogP contribution in [0.5, 0.6) is 5.75 Å². The van der Waals surface area contributed by atoms with Gasteiger partial charge < -0.3 is 15.2 Å². The SMILES string of the molecule is COc1ccc(NC2(CO)CCCCC2C(C)C)cc1. The van der Waals surface area contributed by atoms with E-state index < -0.39 is 0 Å². The molecule has 0 spiro atoms. The van der Waals surface area contributed by atoms with Crippen molar-refractivity contribution in [2.24, 2.45) is 11.8 Å². The number of hydrogen-bond donors (Lipinski definition) is 2. The lowest BCUT2D eigenvalue weighted by Crippen LogP contribution is -2.52. The Balaban J connectivity index is 2.20. The quantitative estimate of drug-likeness (QED) is 0.862. The minimum absolute atomic E-state index is 0.180. The fourth-order valence-electron chi connectivity index (χ4n) is 3.59. The Kier molecular flexibility index (Phi) is 4.92. The highest BCUT2D eigenvalue weighted by molar-refractivity contribution is 5.49. The number of rotatable bonds is 5. The summed E-state index contributed by atoms with van der Waals surface area (Å²) in [5, 5.41) is 13.7. The van der Waals surface area contributed by atoms with E-state index in [1.165, 1.54) is 19.3 Å². The van der Waals surface area contributed by atoms with Gasteiger partial charge in [0.05, 0.1) is 19.3 Å². The number of hydrogen-bond acceptors (Lipinski definition) is 3. The summed E-state index contributed by atoms with van der Waals surface area (Å²) >= 11 is 0. The van der Waals surface area contributed by atoms with E-state index in [4.69, 9.17) is 4.74 Å². The van der Waals surface area contributed by atoms with E-state index in [1.807, 2.05) is 24.3 Å². The van der Waals surface area contributed by atoms with Crippen LogP contribution in [0.3, 0.4) is 0 Å². The van der Waals surface area contributed by atoms with Gasteiger partial charge in [0.25, 0.3) is 0 Å². The molecule has 0 aromatic heterocycles. The van der Waals surface area contributed by atoms with E-state index in [-0.39, 0.29) is 12.1 Å². The Bertz CT molecular complexity index is 416. The highest BCUT2D eigenvalue weighted by atomic mass is 16.5. The molecule has 3 heteroatoms. The summed E-state index contributed by atoms with van der Waals surface area (Å²) < 4.78 is 5.19. The van der Waals surface area contributed by atoms with Crippen LogP contribution < -0.4 is 10.1 Å². The number of anilines is 1. The molecule has 1 aliphatic carbocycles. The highest BCUT2D eigenvalue weighted by Gasteiger charge is 2.41. The van der Waals surface area contributed by atoms with Crippen LogP contribution in [0.15, 0.2) is 24.3 Å². The molecule has 0 heterocycles. The standard InChI is InChI=1S/C17H27NO2/c1-13(2)16-6-4-5-11-17(16,12-19)18-14-7-9-15(20-3)10-8-14/h7-10,13,16,18-19H,4-6,11-12H2,1-3H3. The van der Waals surface area contributed by atoms with Crippen LogP contribution >= 0.6 is 0 Å². The molecular weight excluding hydrogens is 250 g/mol. The Hall–Kier alpha value is -1.22. The van der Waals surface area contributed by atoms with Gasteiger partial charge >= 0.3 is 0 Å². The summed E-state index contributed by atoms with van der Waals surface area (Å²) in [5.74, 6) is 1.95. The Morgan fingerprint density at radius 2 is 2.00 bits per heavy atom. The van der Waals surface area contributed by atoms with Gasteiger partial charge in [-0.05, 0) is 48.9 Å². The van der Waals surface area contributed by atoms with Crippen molar-refractivity contribution in [3.63, 3.8) is 0 Å². The van der Waals surface area contributed by atoms with Gasteiger partial charge in [0.1, 0.15) is 5.75 Å². The lowest BCUT2D eigenvalue weighted by molar-refractivity contribution is 0.0898. The summed E-state index contributed by atoms with van der Waals surface area (Å²) in [6, 6.07) is 7.98. The third-order valence-electron chi connectivity index (χ3n) is 4.67. The van der Waals surface area contributed by atoms with Crippen molar-refractivity contribution >= 4 is 5.69 Å². The lowest BCUT2D eigenvalue weighted by Gasteiger charge is -2.46. The predicted octanol–water partition coefficient (Wildman–Crippen LogP) is 3.68. The third-order valence-corrected chi connectivity index (χ3v) is 4.67. The number of benzene rings is 1. The molecule has 1 saturated carbocycles. The Morgan fingerprint density at radius 3 is 2.55 bits per heavy atom. The molecule has 0 aliphatic heterocycles. The molecule has 0 amide bonds. The number of methoxy groups -OCH3 is 1. The van der Waals surface area contributed by atoms with Crippen molar-refractivity contribution in [3.8, 4) is 5.75 Å². The zero-order chi connectivity index (χ0) is 14.6. The molecule has 112 valence electrons. The Labute approximate surface area is 122 Å². The van der Waals surface area contributed by atoms with E-state index in [0.29, 0.717) is 11.8 Å². The number of ether oxygens (including phenoxy) is 1. The van der Waals surface area contributed by atoms with Crippen LogP contribution in [-0.2, 0) is 0 Å². The second kappa shape index (κ2) is 6.49. The minimum Gasteiger partial charge on any atom is -0.497 e.